The number of carbonyl (C=O) groups excluding carboxylic acids is 1. The first-order valence-corrected chi connectivity index (χ1v) is 5.50. The van der Waals surface area contributed by atoms with Gasteiger partial charge in [-0.2, -0.15) is 0 Å². The minimum atomic E-state index is 0.449. The van der Waals surface area contributed by atoms with Crippen molar-refractivity contribution in [3.63, 3.8) is 0 Å². The zero-order valence-corrected chi connectivity index (χ0v) is 8.12. The molecule has 3 aliphatic rings. The number of hydrogen-bond donors (Lipinski definition) is 0. The molecular formula is C12H16O. The number of hydrogen-bond acceptors (Lipinski definition) is 1. The van der Waals surface area contributed by atoms with Crippen molar-refractivity contribution in [2.75, 3.05) is 0 Å². The summed E-state index contributed by atoms with van der Waals surface area (Å²) >= 11 is 0. The molecular weight excluding hydrogens is 160 g/mol. The van der Waals surface area contributed by atoms with Crippen LogP contribution >= 0.6 is 0 Å². The van der Waals surface area contributed by atoms with Gasteiger partial charge in [0.2, 0.25) is 0 Å². The summed E-state index contributed by atoms with van der Waals surface area (Å²) in [4.78, 5) is 11.9. The molecule has 4 unspecified atom stereocenters. The Labute approximate surface area is 79.2 Å². The summed E-state index contributed by atoms with van der Waals surface area (Å²) in [7, 11) is 0. The molecule has 0 saturated heterocycles. The molecule has 0 N–H and O–H groups in total. The zero-order valence-electron chi connectivity index (χ0n) is 8.12. The van der Waals surface area contributed by atoms with Crippen molar-refractivity contribution in [2.24, 2.45) is 23.7 Å². The van der Waals surface area contributed by atoms with Crippen molar-refractivity contribution in [2.45, 2.75) is 32.6 Å². The lowest BCUT2D eigenvalue weighted by atomic mass is 9.81. The first-order valence-electron chi connectivity index (χ1n) is 5.50. The molecule has 3 fully saturated rings. The van der Waals surface area contributed by atoms with Gasteiger partial charge in [0.05, 0.1) is 0 Å². The third-order valence-electron chi connectivity index (χ3n) is 4.51. The van der Waals surface area contributed by atoms with E-state index in [-0.39, 0.29) is 0 Å². The Hall–Kier alpha value is -0.590. The minimum Gasteiger partial charge on any atom is -0.294 e. The Kier molecular flexibility index (Phi) is 1.47. The van der Waals surface area contributed by atoms with Gasteiger partial charge in [0.15, 0.2) is 5.78 Å². The maximum atomic E-state index is 11.9. The molecule has 4 atom stereocenters. The number of rotatable bonds is 0. The van der Waals surface area contributed by atoms with Gasteiger partial charge in [-0.1, -0.05) is 6.08 Å². The number of fused-ring (bicyclic) bond motifs is 5. The molecule has 1 nitrogen and oxygen atoms in total. The lowest BCUT2D eigenvalue weighted by Crippen LogP contribution is -2.21. The summed E-state index contributed by atoms with van der Waals surface area (Å²) in [6.45, 7) is 2.01. The lowest BCUT2D eigenvalue weighted by molar-refractivity contribution is -0.119. The largest absolute Gasteiger partial charge is 0.294 e. The standard InChI is InChI=1S/C12H16O/c1-2-7-6-10-8-3-4-9(5-8)11(10)12(7)13/h2,8-11H,3-6H2,1H3/b7-2-. The van der Waals surface area contributed by atoms with Gasteiger partial charge in [0.25, 0.3) is 0 Å². The van der Waals surface area contributed by atoms with E-state index in [1.807, 2.05) is 13.0 Å². The highest BCUT2D eigenvalue weighted by molar-refractivity contribution is 6.00. The molecule has 0 aromatic rings. The van der Waals surface area contributed by atoms with Gasteiger partial charge < -0.3 is 0 Å². The first-order chi connectivity index (χ1) is 6.31. The molecule has 0 aliphatic heterocycles. The van der Waals surface area contributed by atoms with E-state index in [0.717, 1.165) is 29.7 Å². The van der Waals surface area contributed by atoms with Crippen LogP contribution in [-0.2, 0) is 4.79 Å². The van der Waals surface area contributed by atoms with Crippen molar-refractivity contribution in [1.82, 2.24) is 0 Å². The van der Waals surface area contributed by atoms with Gasteiger partial charge in [0, 0.05) is 5.92 Å². The summed E-state index contributed by atoms with van der Waals surface area (Å²) in [5, 5.41) is 0. The van der Waals surface area contributed by atoms with E-state index in [4.69, 9.17) is 0 Å². The van der Waals surface area contributed by atoms with E-state index < -0.39 is 0 Å². The predicted molar refractivity (Wildman–Crippen MR) is 51.2 cm³/mol. The van der Waals surface area contributed by atoms with Gasteiger partial charge in [-0.05, 0) is 55.9 Å². The van der Waals surface area contributed by atoms with Crippen molar-refractivity contribution < 1.29 is 4.79 Å². The maximum Gasteiger partial charge on any atom is 0.162 e. The smallest absolute Gasteiger partial charge is 0.162 e. The van der Waals surface area contributed by atoms with Crippen LogP contribution in [0.1, 0.15) is 32.6 Å². The average molecular weight is 176 g/mol. The molecule has 0 heterocycles. The van der Waals surface area contributed by atoms with Crippen LogP contribution in [0.15, 0.2) is 11.6 Å². The molecule has 3 saturated carbocycles. The minimum absolute atomic E-state index is 0.449. The summed E-state index contributed by atoms with van der Waals surface area (Å²) < 4.78 is 0. The molecule has 0 spiro atoms. The second-order valence-corrected chi connectivity index (χ2v) is 4.91. The van der Waals surface area contributed by atoms with Crippen LogP contribution in [-0.4, -0.2) is 5.78 Å². The van der Waals surface area contributed by atoms with Crippen LogP contribution in [0.3, 0.4) is 0 Å². The molecule has 2 bridgehead atoms. The van der Waals surface area contributed by atoms with E-state index in [1.54, 1.807) is 0 Å². The molecule has 0 aromatic carbocycles. The summed E-state index contributed by atoms with van der Waals surface area (Å²) in [5.41, 5.74) is 1.13. The lowest BCUT2D eigenvalue weighted by Gasteiger charge is -2.22. The van der Waals surface area contributed by atoms with Crippen LogP contribution < -0.4 is 0 Å². The molecule has 70 valence electrons. The zero-order chi connectivity index (χ0) is 9.00. The highest BCUT2D eigenvalue weighted by atomic mass is 16.1. The maximum absolute atomic E-state index is 11.9. The first kappa shape index (κ1) is 7.78. The third-order valence-corrected chi connectivity index (χ3v) is 4.51. The topological polar surface area (TPSA) is 17.1 Å². The summed E-state index contributed by atoms with van der Waals surface area (Å²) in [6.07, 6.45) is 7.23. The van der Waals surface area contributed by atoms with Crippen molar-refractivity contribution >= 4 is 5.78 Å². The molecule has 0 radical (unpaired) electrons. The van der Waals surface area contributed by atoms with E-state index in [1.165, 1.54) is 19.3 Å². The van der Waals surface area contributed by atoms with E-state index >= 15 is 0 Å². The van der Waals surface area contributed by atoms with Crippen molar-refractivity contribution in [3.8, 4) is 0 Å². The van der Waals surface area contributed by atoms with Gasteiger partial charge >= 0.3 is 0 Å². The summed E-state index contributed by atoms with van der Waals surface area (Å²) in [5.74, 6) is 3.36. The van der Waals surface area contributed by atoms with Crippen LogP contribution in [0.2, 0.25) is 0 Å². The summed E-state index contributed by atoms with van der Waals surface area (Å²) in [6, 6.07) is 0. The van der Waals surface area contributed by atoms with Gasteiger partial charge in [-0.15, -0.1) is 0 Å². The number of allylic oxidation sites excluding steroid dienone is 2. The fourth-order valence-electron chi connectivity index (χ4n) is 3.94. The fourth-order valence-corrected chi connectivity index (χ4v) is 3.94. The monoisotopic (exact) mass is 176 g/mol. The molecule has 13 heavy (non-hydrogen) atoms. The third kappa shape index (κ3) is 0.853. The van der Waals surface area contributed by atoms with E-state index in [0.29, 0.717) is 11.7 Å². The van der Waals surface area contributed by atoms with Crippen molar-refractivity contribution in [3.05, 3.63) is 11.6 Å². The van der Waals surface area contributed by atoms with Crippen LogP contribution in [0.4, 0.5) is 0 Å². The van der Waals surface area contributed by atoms with Crippen LogP contribution in [0, 0.1) is 23.7 Å². The van der Waals surface area contributed by atoms with E-state index in [9.17, 15) is 4.79 Å². The Balaban J connectivity index is 1.97. The van der Waals surface area contributed by atoms with Crippen molar-refractivity contribution in [1.29, 1.82) is 0 Å². The van der Waals surface area contributed by atoms with Crippen LogP contribution in [0.25, 0.3) is 0 Å². The predicted octanol–water partition coefficient (Wildman–Crippen LogP) is 2.57. The second kappa shape index (κ2) is 2.46. The normalized spacial score (nSPS) is 50.5. The van der Waals surface area contributed by atoms with Crippen LogP contribution in [0.5, 0.6) is 0 Å². The highest BCUT2D eigenvalue weighted by Crippen LogP contribution is 2.58. The molecule has 0 aromatic heterocycles. The second-order valence-electron chi connectivity index (χ2n) is 4.91. The van der Waals surface area contributed by atoms with Gasteiger partial charge in [-0.25, -0.2) is 0 Å². The number of Topliss-reactive ketones (excluding diaryl/α,β-unsaturated/α-hetero) is 1. The SMILES string of the molecule is C/C=C1/CC2C3CCC(C3)C2C1=O. The molecule has 3 rings (SSSR count). The Morgan fingerprint density at radius 1 is 1.31 bits per heavy atom. The quantitative estimate of drug-likeness (QED) is 0.518. The Morgan fingerprint density at radius 3 is 2.77 bits per heavy atom. The molecule has 0 amide bonds. The van der Waals surface area contributed by atoms with Gasteiger partial charge in [-0.3, -0.25) is 4.79 Å². The van der Waals surface area contributed by atoms with Gasteiger partial charge in [0.1, 0.15) is 0 Å². The molecule has 3 aliphatic carbocycles. The Bertz CT molecular complexity index is 289. The number of ketones is 1. The number of carbonyl (C=O) groups is 1. The Morgan fingerprint density at radius 2 is 2.08 bits per heavy atom. The average Bonchev–Trinajstić information content (AvgIpc) is 2.76. The molecule has 1 heteroatoms. The highest BCUT2D eigenvalue weighted by Gasteiger charge is 2.54. The van der Waals surface area contributed by atoms with E-state index in [2.05, 4.69) is 0 Å². The fraction of sp³-hybridized carbons (Fsp3) is 0.750.